The zero-order chi connectivity index (χ0) is 14.5. The fraction of sp³-hybridized carbons (Fsp3) is 0.0769. The molecule has 0 aliphatic carbocycles. The Morgan fingerprint density at radius 3 is 1.84 bits per heavy atom. The van der Waals surface area contributed by atoms with Crippen molar-refractivity contribution in [1.29, 1.82) is 0 Å². The van der Waals surface area contributed by atoms with E-state index in [1.807, 2.05) is 6.92 Å². The summed E-state index contributed by atoms with van der Waals surface area (Å²) in [6, 6.07) is 12.2. The zero-order valence-corrected chi connectivity index (χ0v) is 12.6. The van der Waals surface area contributed by atoms with Gasteiger partial charge in [0.15, 0.2) is 0 Å². The van der Waals surface area contributed by atoms with E-state index >= 15 is 0 Å². The molecule has 0 fully saturated rings. The number of hydrogen-bond acceptors (Lipinski definition) is 3. The van der Waals surface area contributed by atoms with Gasteiger partial charge in [-0.05, 0) is 43.3 Å². The Morgan fingerprint density at radius 1 is 1.00 bits per heavy atom. The van der Waals surface area contributed by atoms with Crippen molar-refractivity contribution in [2.45, 2.75) is 11.8 Å². The molecule has 0 aromatic heterocycles. The molecular weight excluding hydrogens is 286 g/mol. The fourth-order valence-electron chi connectivity index (χ4n) is 1.19. The maximum Gasteiger partial charge on any atom is 0.124 e. The lowest BCUT2D eigenvalue weighted by Crippen LogP contribution is -1.97. The Morgan fingerprint density at radius 2 is 1.47 bits per heavy atom. The van der Waals surface area contributed by atoms with Crippen LogP contribution in [-0.2, 0) is 10.1 Å². The highest BCUT2D eigenvalue weighted by Gasteiger charge is 1.97. The highest BCUT2D eigenvalue weighted by molar-refractivity contribution is 7.85. The average molecular weight is 300 g/mol. The number of aryl methyl sites for hydroxylation is 1. The van der Waals surface area contributed by atoms with E-state index in [1.165, 1.54) is 24.3 Å². The van der Waals surface area contributed by atoms with Crippen LogP contribution in [0.2, 0.25) is 0 Å². The van der Waals surface area contributed by atoms with Crippen molar-refractivity contribution in [2.75, 3.05) is 0 Å². The van der Waals surface area contributed by atoms with E-state index in [-0.39, 0.29) is 10.7 Å². The summed E-state index contributed by atoms with van der Waals surface area (Å²) in [6.45, 7) is 1.82. The molecule has 2 aromatic carbocycles. The van der Waals surface area contributed by atoms with Crippen molar-refractivity contribution in [3.8, 4) is 0 Å². The standard InChI is InChI=1S/C7H8O3S.C6H6FP/c1-6-2-4-7(5-3-6)11(8,9)10;7-5-1-3-6(8)4-2-5/h2-5H,1H3,(H,8,9,10);1-4H,8H2. The molecule has 0 aliphatic rings. The minimum absolute atomic E-state index is 0.166. The van der Waals surface area contributed by atoms with Crippen molar-refractivity contribution in [1.82, 2.24) is 0 Å². The molecule has 19 heavy (non-hydrogen) atoms. The molecule has 6 heteroatoms. The van der Waals surface area contributed by atoms with E-state index in [9.17, 15) is 17.4 Å². The lowest BCUT2D eigenvalue weighted by Gasteiger charge is -2.05. The van der Waals surface area contributed by atoms with Gasteiger partial charge in [-0.3, -0.25) is 0 Å². The van der Waals surface area contributed by atoms with Gasteiger partial charge in [-0.1, -0.05) is 17.7 Å². The van der Waals surface area contributed by atoms with Gasteiger partial charge < -0.3 is 4.55 Å². The topological polar surface area (TPSA) is 57.2 Å². The first kappa shape index (κ1) is 15.8. The van der Waals surface area contributed by atoms with E-state index in [0.29, 0.717) is 0 Å². The molecule has 2 aromatic rings. The summed E-state index contributed by atoms with van der Waals surface area (Å²) in [5, 5.41) is 1.12. The van der Waals surface area contributed by atoms with E-state index in [2.05, 4.69) is 0 Å². The minimum Gasteiger partial charge on any atom is -0.744 e. The highest BCUT2D eigenvalue weighted by atomic mass is 32.2. The van der Waals surface area contributed by atoms with E-state index in [4.69, 9.17) is 0 Å². The summed E-state index contributed by atoms with van der Waals surface area (Å²) in [4.78, 5) is -0.178. The summed E-state index contributed by atoms with van der Waals surface area (Å²) in [5.74, 6) is -0.166. The third-order valence-electron chi connectivity index (χ3n) is 2.22. The summed E-state index contributed by atoms with van der Waals surface area (Å²) >= 11 is 0. The predicted molar refractivity (Wildman–Crippen MR) is 76.3 cm³/mol. The molecule has 0 spiro atoms. The third kappa shape index (κ3) is 5.92. The maximum atomic E-state index is 12.1. The Bertz CT molecular complexity index is 601. The Labute approximate surface area is 114 Å². The quantitative estimate of drug-likeness (QED) is 0.597. The fourth-order valence-corrected chi connectivity index (χ4v) is 1.89. The molecule has 1 atom stereocenters. The first-order valence-corrected chi connectivity index (χ1v) is 7.50. The van der Waals surface area contributed by atoms with E-state index in [1.54, 1.807) is 33.5 Å². The number of halogens is 1. The van der Waals surface area contributed by atoms with Crippen LogP contribution >= 0.6 is 9.24 Å². The molecule has 0 bridgehead atoms. The Hall–Kier alpha value is -1.29. The predicted octanol–water partition coefficient (Wildman–Crippen LogP) is 1.96. The summed E-state index contributed by atoms with van der Waals surface area (Å²) < 4.78 is 43.3. The SMILES string of the molecule is Cc1ccc(S(=O)(=O)[O-])cc1.Fc1ccc([PH3+])cc1. The van der Waals surface area contributed by atoms with Gasteiger partial charge in [-0.25, -0.2) is 12.8 Å². The van der Waals surface area contributed by atoms with Crippen LogP contribution in [0.15, 0.2) is 53.4 Å². The number of benzene rings is 2. The first-order chi connectivity index (χ1) is 8.79. The van der Waals surface area contributed by atoms with Gasteiger partial charge in [0.2, 0.25) is 0 Å². The third-order valence-corrected chi connectivity index (χ3v) is 3.54. The minimum atomic E-state index is -4.27. The lowest BCUT2D eigenvalue weighted by molar-refractivity contribution is 0.463. The molecule has 0 saturated heterocycles. The molecule has 0 amide bonds. The summed E-state index contributed by atoms with van der Waals surface area (Å²) in [7, 11) is -2.52. The molecule has 2 rings (SSSR count). The second-order valence-corrected chi connectivity index (χ2v) is 6.09. The molecule has 0 saturated carbocycles. The molecule has 1 unspecified atom stereocenters. The van der Waals surface area contributed by atoms with Crippen LogP contribution in [0.5, 0.6) is 0 Å². The Kier molecular flexibility index (Phi) is 5.60. The van der Waals surface area contributed by atoms with Crippen LogP contribution in [0.1, 0.15) is 5.56 Å². The molecule has 0 heterocycles. The maximum absolute atomic E-state index is 12.1. The van der Waals surface area contributed by atoms with E-state index < -0.39 is 10.1 Å². The van der Waals surface area contributed by atoms with Crippen molar-refractivity contribution < 1.29 is 17.4 Å². The monoisotopic (exact) mass is 300 g/mol. The van der Waals surface area contributed by atoms with E-state index in [0.717, 1.165) is 10.9 Å². The van der Waals surface area contributed by atoms with Gasteiger partial charge in [0.1, 0.15) is 15.9 Å². The van der Waals surface area contributed by atoms with Gasteiger partial charge in [0.05, 0.1) is 10.2 Å². The van der Waals surface area contributed by atoms with Crippen LogP contribution in [-0.4, -0.2) is 13.0 Å². The first-order valence-electron chi connectivity index (χ1n) is 5.39. The summed E-state index contributed by atoms with van der Waals surface area (Å²) in [6.07, 6.45) is 0. The van der Waals surface area contributed by atoms with Crippen molar-refractivity contribution in [2.24, 2.45) is 0 Å². The second-order valence-electron chi connectivity index (χ2n) is 3.89. The van der Waals surface area contributed by atoms with Gasteiger partial charge in [0.25, 0.3) is 0 Å². The molecule has 0 N–H and O–H groups in total. The van der Waals surface area contributed by atoms with Crippen LogP contribution < -0.4 is 5.30 Å². The largest absolute Gasteiger partial charge is 0.744 e. The van der Waals surface area contributed by atoms with Gasteiger partial charge >= 0.3 is 0 Å². The smallest absolute Gasteiger partial charge is 0.124 e. The average Bonchev–Trinajstić information content (AvgIpc) is 2.33. The molecule has 3 nitrogen and oxygen atoms in total. The van der Waals surface area contributed by atoms with Gasteiger partial charge in [0, 0.05) is 9.24 Å². The second kappa shape index (κ2) is 6.75. The van der Waals surface area contributed by atoms with Crippen molar-refractivity contribution in [3.05, 3.63) is 59.9 Å². The van der Waals surface area contributed by atoms with Crippen molar-refractivity contribution >= 4 is 24.7 Å². The van der Waals surface area contributed by atoms with Gasteiger partial charge in [-0.2, -0.15) is 0 Å². The lowest BCUT2D eigenvalue weighted by atomic mass is 10.2. The summed E-state index contributed by atoms with van der Waals surface area (Å²) in [5.41, 5.74) is 0.928. The number of hydrogen-bond donors (Lipinski definition) is 0. The van der Waals surface area contributed by atoms with Crippen LogP contribution in [0.3, 0.4) is 0 Å². The van der Waals surface area contributed by atoms with Crippen LogP contribution in [0.4, 0.5) is 4.39 Å². The highest BCUT2D eigenvalue weighted by Crippen LogP contribution is 2.08. The number of rotatable bonds is 1. The Balaban J connectivity index is 0.000000200. The van der Waals surface area contributed by atoms with Crippen LogP contribution in [0, 0.1) is 12.7 Å². The van der Waals surface area contributed by atoms with Crippen molar-refractivity contribution in [3.63, 3.8) is 0 Å². The van der Waals surface area contributed by atoms with Gasteiger partial charge in [-0.15, -0.1) is 0 Å². The molecular formula is C13H14FO3PS. The molecule has 0 aliphatic heterocycles. The van der Waals surface area contributed by atoms with Crippen LogP contribution in [0.25, 0.3) is 0 Å². The normalized spacial score (nSPS) is 10.7. The zero-order valence-electron chi connectivity index (χ0n) is 10.3. The molecule has 102 valence electrons. The molecule has 0 radical (unpaired) electrons.